The zero-order valence-electron chi connectivity index (χ0n) is 6.28. The lowest BCUT2D eigenvalue weighted by Crippen LogP contribution is -2.20. The van der Waals surface area contributed by atoms with Gasteiger partial charge in [-0.05, 0) is 22.4 Å². The Labute approximate surface area is 69.6 Å². The lowest BCUT2D eigenvalue weighted by atomic mass is 9.80. The van der Waals surface area contributed by atoms with Gasteiger partial charge >= 0.3 is 0 Å². The smallest absolute Gasteiger partial charge is 0.157 e. The van der Waals surface area contributed by atoms with Gasteiger partial charge in [0.15, 0.2) is 5.78 Å². The molecule has 56 valence electrons. The molecule has 0 aromatic carbocycles. The first-order valence-corrected chi connectivity index (χ1v) is 4.18. The van der Waals surface area contributed by atoms with E-state index < -0.39 is 0 Å². The Kier molecular flexibility index (Phi) is 1.99. The Hall–Kier alpha value is -0.110. The molecule has 0 aromatic rings. The van der Waals surface area contributed by atoms with Crippen molar-refractivity contribution in [2.45, 2.75) is 26.7 Å². The SMILES string of the molecule is CC1(C)CC(=O)C=C(Br)C1. The van der Waals surface area contributed by atoms with Gasteiger partial charge < -0.3 is 0 Å². The fourth-order valence-electron chi connectivity index (χ4n) is 1.27. The number of carbonyl (C=O) groups excluding carboxylic acids is 1. The average molecular weight is 203 g/mol. The molecule has 0 heterocycles. The van der Waals surface area contributed by atoms with Crippen molar-refractivity contribution in [3.63, 3.8) is 0 Å². The highest BCUT2D eigenvalue weighted by Gasteiger charge is 2.25. The standard InChI is InChI=1S/C8H11BrO/c1-8(2)4-6(9)3-7(10)5-8/h3H,4-5H2,1-2H3. The van der Waals surface area contributed by atoms with E-state index in [-0.39, 0.29) is 11.2 Å². The molecule has 0 unspecified atom stereocenters. The molecule has 0 saturated heterocycles. The molecule has 0 bridgehead atoms. The quantitative estimate of drug-likeness (QED) is 0.591. The Morgan fingerprint density at radius 3 is 2.50 bits per heavy atom. The molecule has 1 nitrogen and oxygen atoms in total. The van der Waals surface area contributed by atoms with E-state index in [1.165, 1.54) is 0 Å². The van der Waals surface area contributed by atoms with Crippen LogP contribution in [0.1, 0.15) is 26.7 Å². The Bertz CT molecular complexity index is 191. The lowest BCUT2D eigenvalue weighted by molar-refractivity contribution is -0.116. The summed E-state index contributed by atoms with van der Waals surface area (Å²) in [5.74, 6) is 0.239. The molecule has 1 aliphatic carbocycles. The first-order chi connectivity index (χ1) is 4.49. The third kappa shape index (κ3) is 1.94. The number of hydrogen-bond donors (Lipinski definition) is 0. The molecule has 0 fully saturated rings. The average Bonchev–Trinajstić information content (AvgIpc) is 1.54. The molecule has 0 aromatic heterocycles. The molecule has 0 amide bonds. The van der Waals surface area contributed by atoms with Crippen LogP contribution in [-0.4, -0.2) is 5.78 Å². The molecule has 1 rings (SSSR count). The fraction of sp³-hybridized carbons (Fsp3) is 0.625. The number of rotatable bonds is 0. The van der Waals surface area contributed by atoms with Crippen LogP contribution in [-0.2, 0) is 4.79 Å². The summed E-state index contributed by atoms with van der Waals surface area (Å²) in [6, 6.07) is 0. The van der Waals surface area contributed by atoms with Crippen molar-refractivity contribution in [2.75, 3.05) is 0 Å². The van der Waals surface area contributed by atoms with Gasteiger partial charge in [-0.1, -0.05) is 29.8 Å². The number of hydrogen-bond acceptors (Lipinski definition) is 1. The second-order valence-corrected chi connectivity index (χ2v) is 4.59. The number of allylic oxidation sites excluding steroid dienone is 2. The predicted molar refractivity (Wildman–Crippen MR) is 45.0 cm³/mol. The van der Waals surface area contributed by atoms with E-state index in [1.54, 1.807) is 6.08 Å². The summed E-state index contributed by atoms with van der Waals surface area (Å²) in [5.41, 5.74) is 0.157. The van der Waals surface area contributed by atoms with Crippen LogP contribution in [0.3, 0.4) is 0 Å². The fourth-order valence-corrected chi connectivity index (χ4v) is 2.28. The molecule has 0 radical (unpaired) electrons. The van der Waals surface area contributed by atoms with Gasteiger partial charge in [0.2, 0.25) is 0 Å². The highest BCUT2D eigenvalue weighted by Crippen LogP contribution is 2.35. The van der Waals surface area contributed by atoms with Crippen LogP contribution in [0.5, 0.6) is 0 Å². The maximum Gasteiger partial charge on any atom is 0.157 e. The van der Waals surface area contributed by atoms with Crippen LogP contribution >= 0.6 is 15.9 Å². The van der Waals surface area contributed by atoms with E-state index in [0.29, 0.717) is 6.42 Å². The summed E-state index contributed by atoms with van der Waals surface area (Å²) in [7, 11) is 0. The van der Waals surface area contributed by atoms with Crippen LogP contribution in [0.15, 0.2) is 10.6 Å². The first-order valence-electron chi connectivity index (χ1n) is 3.38. The lowest BCUT2D eigenvalue weighted by Gasteiger charge is -2.26. The van der Waals surface area contributed by atoms with Crippen LogP contribution in [0.2, 0.25) is 0 Å². The van der Waals surface area contributed by atoms with Crippen molar-refractivity contribution in [3.8, 4) is 0 Å². The maximum absolute atomic E-state index is 11.0. The highest BCUT2D eigenvalue weighted by atomic mass is 79.9. The van der Waals surface area contributed by atoms with E-state index in [0.717, 1.165) is 10.9 Å². The third-order valence-corrected chi connectivity index (χ3v) is 2.13. The Morgan fingerprint density at radius 2 is 2.10 bits per heavy atom. The number of carbonyl (C=O) groups is 1. The molecular weight excluding hydrogens is 192 g/mol. The first kappa shape index (κ1) is 7.99. The van der Waals surface area contributed by atoms with E-state index >= 15 is 0 Å². The van der Waals surface area contributed by atoms with Gasteiger partial charge in [0.05, 0.1) is 0 Å². The van der Waals surface area contributed by atoms with Crippen molar-refractivity contribution in [1.82, 2.24) is 0 Å². The molecule has 0 aliphatic heterocycles. The molecule has 2 heteroatoms. The van der Waals surface area contributed by atoms with Gasteiger partial charge in [0, 0.05) is 6.42 Å². The van der Waals surface area contributed by atoms with Crippen LogP contribution in [0, 0.1) is 5.41 Å². The molecule has 10 heavy (non-hydrogen) atoms. The van der Waals surface area contributed by atoms with Gasteiger partial charge in [-0.25, -0.2) is 0 Å². The van der Waals surface area contributed by atoms with Gasteiger partial charge in [-0.15, -0.1) is 0 Å². The van der Waals surface area contributed by atoms with Crippen LogP contribution in [0.25, 0.3) is 0 Å². The summed E-state index contributed by atoms with van der Waals surface area (Å²) in [4.78, 5) is 11.0. The van der Waals surface area contributed by atoms with Crippen LogP contribution in [0.4, 0.5) is 0 Å². The van der Waals surface area contributed by atoms with E-state index in [9.17, 15) is 4.79 Å². The third-order valence-electron chi connectivity index (χ3n) is 1.62. The zero-order valence-corrected chi connectivity index (χ0v) is 7.86. The Balaban J connectivity index is 2.80. The zero-order chi connectivity index (χ0) is 7.78. The molecule has 1 aliphatic rings. The molecule has 0 spiro atoms. The second kappa shape index (κ2) is 2.50. The van der Waals surface area contributed by atoms with Gasteiger partial charge in [-0.3, -0.25) is 4.79 Å². The minimum Gasteiger partial charge on any atom is -0.295 e. The van der Waals surface area contributed by atoms with Gasteiger partial charge in [-0.2, -0.15) is 0 Å². The minimum absolute atomic E-state index is 0.157. The van der Waals surface area contributed by atoms with Crippen molar-refractivity contribution >= 4 is 21.7 Å². The van der Waals surface area contributed by atoms with E-state index in [1.807, 2.05) is 0 Å². The molecule has 0 N–H and O–H groups in total. The minimum atomic E-state index is 0.157. The van der Waals surface area contributed by atoms with Crippen molar-refractivity contribution < 1.29 is 4.79 Å². The summed E-state index contributed by atoms with van der Waals surface area (Å²) < 4.78 is 1.04. The van der Waals surface area contributed by atoms with E-state index in [2.05, 4.69) is 29.8 Å². The largest absolute Gasteiger partial charge is 0.295 e. The maximum atomic E-state index is 11.0. The summed E-state index contributed by atoms with van der Waals surface area (Å²) in [6.45, 7) is 4.22. The monoisotopic (exact) mass is 202 g/mol. The predicted octanol–water partition coefficient (Wildman–Crippen LogP) is 2.65. The van der Waals surface area contributed by atoms with Crippen molar-refractivity contribution in [1.29, 1.82) is 0 Å². The molecule has 0 atom stereocenters. The van der Waals surface area contributed by atoms with Gasteiger partial charge in [0.1, 0.15) is 0 Å². The van der Waals surface area contributed by atoms with Crippen LogP contribution < -0.4 is 0 Å². The number of ketones is 1. The molecule has 0 saturated carbocycles. The summed E-state index contributed by atoms with van der Waals surface area (Å²) in [6.07, 6.45) is 3.35. The van der Waals surface area contributed by atoms with Gasteiger partial charge in [0.25, 0.3) is 0 Å². The van der Waals surface area contributed by atoms with Crippen molar-refractivity contribution in [2.24, 2.45) is 5.41 Å². The summed E-state index contributed by atoms with van der Waals surface area (Å²) >= 11 is 3.34. The normalized spacial score (nSPS) is 24.3. The Morgan fingerprint density at radius 1 is 1.50 bits per heavy atom. The second-order valence-electron chi connectivity index (χ2n) is 3.58. The van der Waals surface area contributed by atoms with E-state index in [4.69, 9.17) is 0 Å². The number of halogens is 1. The highest BCUT2D eigenvalue weighted by molar-refractivity contribution is 9.11. The van der Waals surface area contributed by atoms with Crippen molar-refractivity contribution in [3.05, 3.63) is 10.6 Å². The topological polar surface area (TPSA) is 17.1 Å². The summed E-state index contributed by atoms with van der Waals surface area (Å²) in [5, 5.41) is 0. The molecular formula is C8H11BrO.